The van der Waals surface area contributed by atoms with Gasteiger partial charge in [-0.05, 0) is 394 Å². The Balaban J connectivity index is 0.000000149. The number of anilines is 5. The molecule has 0 bridgehead atoms. The van der Waals surface area contributed by atoms with Gasteiger partial charge in [0.1, 0.15) is 34.4 Å². The van der Waals surface area contributed by atoms with E-state index in [4.69, 9.17) is 67.6 Å². The number of fused-ring (bicyclic) bond motifs is 6. The number of hydrogen-bond donors (Lipinski definition) is 16. The highest BCUT2D eigenvalue weighted by molar-refractivity contribution is 8.93. The Morgan fingerprint density at radius 2 is 0.667 bits per heavy atom. The van der Waals surface area contributed by atoms with Gasteiger partial charge < -0.3 is 82.5 Å². The summed E-state index contributed by atoms with van der Waals surface area (Å²) in [6.07, 6.45) is 29.6. The number of hydrazone groups is 2. The van der Waals surface area contributed by atoms with E-state index in [1.165, 1.54) is 227 Å². The van der Waals surface area contributed by atoms with Gasteiger partial charge in [0, 0.05) is 35.9 Å². The smallest absolute Gasteiger partial charge is 0.371 e. The number of aromatic hydroxyl groups is 3. The molecular weight excluding hydrogens is 1980 g/mol. The van der Waals surface area contributed by atoms with Crippen molar-refractivity contribution in [3.8, 4) is 62.6 Å². The molecule has 9 aromatic carbocycles. The molecule has 37 heteroatoms. The van der Waals surface area contributed by atoms with E-state index in [1.807, 2.05) is 62.4 Å². The van der Waals surface area contributed by atoms with Crippen molar-refractivity contribution in [1.29, 1.82) is 0 Å². The summed E-state index contributed by atoms with van der Waals surface area (Å²) in [5.74, 6) is 1.29. The fourth-order valence-corrected chi connectivity index (χ4v) is 18.6. The number of rotatable bonds is 17. The van der Waals surface area contributed by atoms with Crippen molar-refractivity contribution in [2.75, 3.05) is 53.2 Å². The van der Waals surface area contributed by atoms with E-state index in [-0.39, 0.29) is 145 Å². The van der Waals surface area contributed by atoms with Crippen molar-refractivity contribution in [3.05, 3.63) is 316 Å². The number of azo groups is 2. The van der Waals surface area contributed by atoms with Crippen LogP contribution in [0.25, 0.3) is 45.3 Å². The maximum absolute atomic E-state index is 13.1. The first kappa shape index (κ1) is 111. The van der Waals surface area contributed by atoms with Gasteiger partial charge in [-0.2, -0.15) is 10.2 Å². The van der Waals surface area contributed by atoms with E-state index in [1.54, 1.807) is 66.3 Å². The van der Waals surface area contributed by atoms with Gasteiger partial charge in [0.15, 0.2) is 22.9 Å². The van der Waals surface area contributed by atoms with Gasteiger partial charge in [-0.25, -0.2) is 33.8 Å². The third-order valence-electron chi connectivity index (χ3n) is 26.2. The first-order chi connectivity index (χ1) is 72.0. The second-order valence-electron chi connectivity index (χ2n) is 37.0. The Hall–Kier alpha value is -16.2. The lowest BCUT2D eigenvalue weighted by atomic mass is 9.91. The number of nitrogen functional groups attached to an aromatic ring is 3. The average molecular weight is 2110 g/mol. The number of aromatic carboxylic acids is 3. The van der Waals surface area contributed by atoms with Crippen LogP contribution < -0.4 is 55.3 Å². The van der Waals surface area contributed by atoms with Crippen LogP contribution >= 0.6 is 17.0 Å². The number of benzene rings is 9. The van der Waals surface area contributed by atoms with Crippen LogP contribution in [-0.4, -0.2) is 128 Å². The van der Waals surface area contributed by atoms with Crippen molar-refractivity contribution in [2.24, 2.45) is 48.0 Å². The number of furan rings is 3. The maximum atomic E-state index is 13.1. The Labute approximate surface area is 876 Å². The zero-order valence-corrected chi connectivity index (χ0v) is 85.9. The van der Waals surface area contributed by atoms with Crippen LogP contribution in [0.15, 0.2) is 254 Å². The first-order valence-corrected chi connectivity index (χ1v) is 50.0. The number of phenolic OH excluding ortho intramolecular Hbond substituents is 3. The predicted molar refractivity (Wildman–Crippen MR) is 584 cm³/mol. The molecule has 5 aromatic heterocycles. The van der Waals surface area contributed by atoms with Gasteiger partial charge in [-0.3, -0.25) is 35.2 Å². The molecular formula is C113H127BrN18O18. The van der Waals surface area contributed by atoms with E-state index in [0.717, 1.165) is 96.9 Å². The molecule has 0 atom stereocenters. The number of nitrogens with zero attached hydrogens (tertiary/aromatic N) is 10. The highest BCUT2D eigenvalue weighted by Crippen LogP contribution is 2.43. The summed E-state index contributed by atoms with van der Waals surface area (Å²) in [7, 11) is 0. The second-order valence-corrected chi connectivity index (χ2v) is 37.0. The van der Waals surface area contributed by atoms with E-state index < -0.39 is 17.9 Å². The minimum Gasteiger partial charge on any atom is -0.505 e. The Kier molecular flexibility index (Phi) is 39.2. The number of carbonyl (C=O) groups is 5. The minimum absolute atomic E-state index is 0. The van der Waals surface area contributed by atoms with Gasteiger partial charge in [0.2, 0.25) is 17.3 Å². The zero-order valence-electron chi connectivity index (χ0n) is 84.2. The molecule has 21 N–H and O–H groups in total. The van der Waals surface area contributed by atoms with Crippen molar-refractivity contribution in [3.63, 3.8) is 0 Å². The van der Waals surface area contributed by atoms with E-state index in [9.17, 15) is 48.9 Å². The van der Waals surface area contributed by atoms with E-state index in [2.05, 4.69) is 107 Å². The number of nitrogens with one attached hydrogen (secondary N) is 3. The number of carboxylic acids is 3. The number of para-hydroxylation sites is 3. The van der Waals surface area contributed by atoms with Crippen LogP contribution in [0.1, 0.15) is 214 Å². The molecule has 0 saturated carbocycles. The fourth-order valence-electron chi connectivity index (χ4n) is 18.6. The van der Waals surface area contributed by atoms with Gasteiger partial charge in [0.05, 0.1) is 82.6 Å². The Bertz CT molecular complexity index is 7090. The number of hydrogen-bond acceptors (Lipinski definition) is 27. The summed E-state index contributed by atoms with van der Waals surface area (Å²) in [6, 6.07) is 59.9. The van der Waals surface area contributed by atoms with Crippen LogP contribution in [0, 0.1) is 13.8 Å². The molecule has 22 rings (SSSR count). The number of H-pyrrole nitrogens is 2. The third-order valence-corrected chi connectivity index (χ3v) is 26.2. The molecule has 7 heterocycles. The molecule has 6 aliphatic carbocycles. The topological polar surface area (TPSA) is 585 Å². The van der Waals surface area contributed by atoms with Crippen LogP contribution in [0.3, 0.4) is 0 Å². The molecule has 0 fully saturated rings. The summed E-state index contributed by atoms with van der Waals surface area (Å²) < 4.78 is 18.5. The molecule has 2 aliphatic heterocycles. The highest BCUT2D eigenvalue weighted by Gasteiger charge is 2.29. The van der Waals surface area contributed by atoms with E-state index in [0.29, 0.717) is 42.9 Å². The van der Waals surface area contributed by atoms with Gasteiger partial charge in [0.25, 0.3) is 22.9 Å². The third kappa shape index (κ3) is 28.2. The van der Waals surface area contributed by atoms with E-state index >= 15 is 0 Å². The monoisotopic (exact) mass is 2100 g/mol. The van der Waals surface area contributed by atoms with Crippen molar-refractivity contribution in [2.45, 2.75) is 195 Å². The van der Waals surface area contributed by atoms with Gasteiger partial charge in [-0.1, -0.05) is 54.6 Å². The molecule has 784 valence electrons. The lowest BCUT2D eigenvalue weighted by Crippen LogP contribution is -2.20. The quantitative estimate of drug-likeness (QED) is 0.0132. The molecule has 0 unspecified atom stereocenters. The molecule has 2 amide bonds. The summed E-state index contributed by atoms with van der Waals surface area (Å²) >= 11 is 0. The fraction of sp³-hybridized carbons (Fsp3) is 0.301. The lowest BCUT2D eigenvalue weighted by Gasteiger charge is -2.19. The number of phenols is 3. The number of carboxylic acid groups (broad SMARTS) is 3. The Morgan fingerprint density at radius 3 is 0.980 bits per heavy atom. The largest absolute Gasteiger partial charge is 0.505 e. The SMILES string of the molecule is Br.CC1=NN(c2ccc3c(c2)CCCC3)C(=O)C1.CC1=NN(c2ccc3c(c2)CCCC3)C(=O)C1.Cc1[nH]n(-c2ccc3c(c2)CCCC3)c(=O)c1N=Nc1cccc(-c2ccc(C(=O)O)o2)c1O.Cc1[nH]n(-c2ccc3c(c2)CCCC3)c(=O)c1N=Nc1cccc(-c2ccc(C(=O)O)o2)c1O.NCCO.NCCO.NNc1ccc2c(c1)CCCC2.Nc1ccc2c(c1)CCCC2.Nc1cccc(-c2ccc(C(=O)O)o2)c1O. The molecule has 8 aliphatic rings. The van der Waals surface area contributed by atoms with Gasteiger partial charge in [-0.15, -0.1) is 37.4 Å². The standard InChI is InChI=1S/2C25H22N4O5.2C14H16N2O.C11H9NO4.C10H14N2.C10H13N.2C2H7NO.BrH/c2*1-14-22(24(31)29(28-14)17-10-9-15-5-2-3-6-16(15)13-17)27-26-19-8-4-7-18(23(19)30)20-11-12-21(34-20)25(32)33;2*1-10-8-14(17)16(15-10)13-7-6-11-4-2-3-5-12(11)9-13;12-7-3-1-2-6(10(7)13)8-4-5-9(16-8)11(14)15;11-12-10-6-5-8-3-1-2-4-9(8)7-10;11-10-6-5-8-3-1-2-4-9(8)7-10;2*3-1-2-4;/h2*4,7-13,28,30H,2-3,5-6H2,1H3,(H,32,33);2*6-7,9H,2-5,8H2,1H3;1-5,13H,12H2,(H,14,15);5-7,12H,1-4,11H2;5-7H,1-4,11H2;2*4H,1-3H2;1H. The lowest BCUT2D eigenvalue weighted by molar-refractivity contribution is -0.117. The molecule has 150 heavy (non-hydrogen) atoms. The molecule has 0 spiro atoms. The number of nitrogens with two attached hydrogens (primary N) is 5. The zero-order chi connectivity index (χ0) is 106. The summed E-state index contributed by atoms with van der Waals surface area (Å²) in [6.45, 7) is 8.21. The molecule has 36 nitrogen and oxygen atoms in total. The first-order valence-electron chi connectivity index (χ1n) is 50.0. The minimum atomic E-state index is -1.21. The molecule has 0 radical (unpaired) electrons. The number of aliphatic hydroxyl groups excluding tert-OH is 2. The normalized spacial score (nSPS) is 14.3. The summed E-state index contributed by atoms with van der Waals surface area (Å²) in [4.78, 5) is 82.4. The van der Waals surface area contributed by atoms with Crippen LogP contribution in [-0.2, 0) is 86.6 Å². The van der Waals surface area contributed by atoms with Crippen molar-refractivity contribution in [1.82, 2.24) is 19.6 Å². The molecule has 14 aromatic rings. The Morgan fingerprint density at radius 1 is 0.373 bits per heavy atom. The number of hydrazine groups is 1. The molecule has 0 saturated heterocycles. The number of aryl methyl sites for hydroxylation is 14. The predicted octanol–water partition coefficient (Wildman–Crippen LogP) is 20.6. The maximum Gasteiger partial charge on any atom is 0.371 e. The van der Waals surface area contributed by atoms with Crippen molar-refractivity contribution < 1.29 is 78.1 Å². The van der Waals surface area contributed by atoms with Gasteiger partial charge >= 0.3 is 17.9 Å². The second kappa shape index (κ2) is 52.9. The number of carbonyl (C=O) groups excluding carboxylic acids is 2. The summed E-state index contributed by atoms with van der Waals surface area (Å²) in [5.41, 5.74) is 49.3. The highest BCUT2D eigenvalue weighted by atomic mass is 79.9. The van der Waals surface area contributed by atoms with Crippen LogP contribution in [0.2, 0.25) is 0 Å². The van der Waals surface area contributed by atoms with Crippen LogP contribution in [0.5, 0.6) is 17.2 Å². The van der Waals surface area contributed by atoms with Crippen LogP contribution in [0.4, 0.5) is 51.2 Å². The number of halogens is 1. The number of amides is 2. The van der Waals surface area contributed by atoms with Crippen molar-refractivity contribution >= 4 is 109 Å². The number of aromatic nitrogens is 4. The number of aromatic amines is 2. The average Bonchev–Trinajstić information content (AvgIpc) is 1.65. The number of aliphatic hydroxyl groups is 2. The summed E-state index contributed by atoms with van der Waals surface area (Å²) in [5, 5.41) is 107.